The third-order valence-corrected chi connectivity index (χ3v) is 2.51. The van der Waals surface area contributed by atoms with E-state index < -0.39 is 18.8 Å². The van der Waals surface area contributed by atoms with Crippen LogP contribution in [0, 0.1) is 0 Å². The minimum absolute atomic E-state index is 0.416. The fourth-order valence-electron chi connectivity index (χ4n) is 1.69. The van der Waals surface area contributed by atoms with Crippen molar-refractivity contribution in [3.8, 4) is 0 Å². The maximum Gasteiger partial charge on any atom is 0.405 e. The number of hydrogen-bond acceptors (Lipinski definition) is 2. The average molecular weight is 247 g/mol. The molecule has 1 rings (SSSR count). The average Bonchev–Trinajstić information content (AvgIpc) is 2.25. The second-order valence-corrected chi connectivity index (χ2v) is 3.95. The Balaban J connectivity index is 2.97. The van der Waals surface area contributed by atoms with Crippen molar-refractivity contribution < 1.29 is 18.3 Å². The number of halogens is 3. The highest BCUT2D eigenvalue weighted by Crippen LogP contribution is 2.29. The van der Waals surface area contributed by atoms with Gasteiger partial charge in [0.15, 0.2) is 0 Å². The number of alkyl halides is 3. The first-order valence-corrected chi connectivity index (χ1v) is 5.40. The lowest BCUT2D eigenvalue weighted by molar-refractivity contribution is -0.119. The van der Waals surface area contributed by atoms with E-state index in [1.165, 1.54) is 7.05 Å². The Morgan fingerprint density at radius 1 is 1.29 bits per heavy atom. The molecule has 1 aromatic rings. The predicted molar refractivity (Wildman–Crippen MR) is 61.0 cm³/mol. The second-order valence-electron chi connectivity index (χ2n) is 3.95. The highest BCUT2D eigenvalue weighted by atomic mass is 19.4. The molecule has 0 unspecified atom stereocenters. The number of para-hydroxylation sites is 1. The molecule has 96 valence electrons. The normalized spacial score (nSPS) is 13.5. The highest BCUT2D eigenvalue weighted by molar-refractivity contribution is 5.54. The molecule has 0 aliphatic rings. The van der Waals surface area contributed by atoms with Crippen LogP contribution < -0.4 is 4.90 Å². The van der Waals surface area contributed by atoms with Gasteiger partial charge >= 0.3 is 6.18 Å². The summed E-state index contributed by atoms with van der Waals surface area (Å²) in [6.07, 6.45) is -4.52. The Kier molecular flexibility index (Phi) is 4.40. The van der Waals surface area contributed by atoms with E-state index in [0.29, 0.717) is 17.7 Å². The van der Waals surface area contributed by atoms with E-state index in [1.54, 1.807) is 31.2 Å². The van der Waals surface area contributed by atoms with Gasteiger partial charge in [0.05, 0.1) is 6.10 Å². The summed E-state index contributed by atoms with van der Waals surface area (Å²) in [6, 6.07) is 6.60. The van der Waals surface area contributed by atoms with Crippen molar-refractivity contribution in [1.82, 2.24) is 0 Å². The molecule has 5 heteroatoms. The van der Waals surface area contributed by atoms with Crippen LogP contribution in [-0.2, 0) is 0 Å². The minimum atomic E-state index is -4.25. The molecule has 0 aliphatic heterocycles. The zero-order valence-electron chi connectivity index (χ0n) is 9.83. The summed E-state index contributed by atoms with van der Waals surface area (Å²) in [5.74, 6) is 0. The summed E-state index contributed by atoms with van der Waals surface area (Å²) in [6.45, 7) is 0.756. The van der Waals surface area contributed by atoms with Crippen LogP contribution in [0.5, 0.6) is 0 Å². The molecule has 1 N–H and O–H groups in total. The first kappa shape index (κ1) is 13.8. The van der Waals surface area contributed by atoms with Crippen LogP contribution in [0.1, 0.15) is 25.0 Å². The summed E-state index contributed by atoms with van der Waals surface area (Å²) in [4.78, 5) is 1.11. The van der Waals surface area contributed by atoms with E-state index in [-0.39, 0.29) is 0 Å². The SMILES string of the molecule is CC[C@@H](O)c1ccccc1N(C)CC(F)(F)F. The van der Waals surface area contributed by atoms with Crippen molar-refractivity contribution in [2.75, 3.05) is 18.5 Å². The van der Waals surface area contributed by atoms with Gasteiger partial charge in [-0.05, 0) is 12.5 Å². The molecule has 0 saturated carbocycles. The standard InChI is InChI=1S/C12H16F3NO/c1-3-11(17)9-6-4-5-7-10(9)16(2)8-12(13,14)15/h4-7,11,17H,3,8H2,1-2H3/t11-/m1/s1. The first-order valence-electron chi connectivity index (χ1n) is 5.40. The monoisotopic (exact) mass is 247 g/mol. The van der Waals surface area contributed by atoms with Crippen LogP contribution >= 0.6 is 0 Å². The van der Waals surface area contributed by atoms with Gasteiger partial charge in [-0.15, -0.1) is 0 Å². The van der Waals surface area contributed by atoms with Gasteiger partial charge in [-0.2, -0.15) is 13.2 Å². The Morgan fingerprint density at radius 3 is 2.41 bits per heavy atom. The lowest BCUT2D eigenvalue weighted by Gasteiger charge is -2.25. The van der Waals surface area contributed by atoms with Gasteiger partial charge in [0.2, 0.25) is 0 Å². The van der Waals surface area contributed by atoms with E-state index in [0.717, 1.165) is 4.90 Å². The molecular formula is C12H16F3NO. The Hall–Kier alpha value is -1.23. The van der Waals surface area contributed by atoms with Gasteiger partial charge in [-0.25, -0.2) is 0 Å². The second kappa shape index (κ2) is 5.40. The molecule has 17 heavy (non-hydrogen) atoms. The van der Waals surface area contributed by atoms with Crippen LogP contribution in [0.25, 0.3) is 0 Å². The molecule has 0 bridgehead atoms. The van der Waals surface area contributed by atoms with E-state index in [1.807, 2.05) is 0 Å². The number of rotatable bonds is 4. The van der Waals surface area contributed by atoms with Crippen molar-refractivity contribution in [3.05, 3.63) is 29.8 Å². The maximum absolute atomic E-state index is 12.3. The van der Waals surface area contributed by atoms with Crippen LogP contribution in [0.4, 0.5) is 18.9 Å². The van der Waals surface area contributed by atoms with Gasteiger partial charge in [-0.1, -0.05) is 25.1 Å². The third kappa shape index (κ3) is 3.93. The molecule has 2 nitrogen and oxygen atoms in total. The van der Waals surface area contributed by atoms with Gasteiger partial charge in [0.1, 0.15) is 6.54 Å². The van der Waals surface area contributed by atoms with Gasteiger partial charge in [0, 0.05) is 18.3 Å². The molecule has 0 fully saturated rings. The molecule has 1 aromatic carbocycles. The molecule has 0 heterocycles. The van der Waals surface area contributed by atoms with Crippen molar-refractivity contribution in [2.24, 2.45) is 0 Å². The zero-order chi connectivity index (χ0) is 13.1. The summed E-state index contributed by atoms with van der Waals surface area (Å²) < 4.78 is 36.9. The van der Waals surface area contributed by atoms with Crippen molar-refractivity contribution in [3.63, 3.8) is 0 Å². The minimum Gasteiger partial charge on any atom is -0.388 e. The molecule has 0 aromatic heterocycles. The van der Waals surface area contributed by atoms with Gasteiger partial charge in [-0.3, -0.25) is 0 Å². The quantitative estimate of drug-likeness (QED) is 0.883. The van der Waals surface area contributed by atoms with E-state index in [9.17, 15) is 18.3 Å². The van der Waals surface area contributed by atoms with Crippen LogP contribution in [-0.4, -0.2) is 24.9 Å². The van der Waals surface area contributed by atoms with Crippen LogP contribution in [0.2, 0.25) is 0 Å². The summed E-state index contributed by atoms with van der Waals surface area (Å²) in [5, 5.41) is 9.75. The fraction of sp³-hybridized carbons (Fsp3) is 0.500. The number of nitrogens with zero attached hydrogens (tertiary/aromatic N) is 1. The van der Waals surface area contributed by atoms with Crippen LogP contribution in [0.15, 0.2) is 24.3 Å². The number of anilines is 1. The van der Waals surface area contributed by atoms with E-state index in [4.69, 9.17) is 0 Å². The van der Waals surface area contributed by atoms with Gasteiger partial charge < -0.3 is 10.0 Å². The topological polar surface area (TPSA) is 23.5 Å². The Bertz CT molecular complexity index is 365. The molecular weight excluding hydrogens is 231 g/mol. The summed E-state index contributed by atoms with van der Waals surface area (Å²) in [5.41, 5.74) is 0.945. The van der Waals surface area contributed by atoms with Gasteiger partial charge in [0.25, 0.3) is 0 Å². The van der Waals surface area contributed by atoms with E-state index in [2.05, 4.69) is 0 Å². The highest BCUT2D eigenvalue weighted by Gasteiger charge is 2.30. The van der Waals surface area contributed by atoms with E-state index >= 15 is 0 Å². The summed E-state index contributed by atoms with van der Waals surface area (Å²) in [7, 11) is 1.37. The lowest BCUT2D eigenvalue weighted by Crippen LogP contribution is -2.31. The smallest absolute Gasteiger partial charge is 0.388 e. The Morgan fingerprint density at radius 2 is 1.88 bits per heavy atom. The zero-order valence-corrected chi connectivity index (χ0v) is 9.83. The molecule has 0 aliphatic carbocycles. The molecule has 0 spiro atoms. The number of benzene rings is 1. The summed E-state index contributed by atoms with van der Waals surface area (Å²) >= 11 is 0. The number of aliphatic hydroxyl groups excluding tert-OH is 1. The maximum atomic E-state index is 12.3. The Labute approximate surface area is 98.7 Å². The van der Waals surface area contributed by atoms with Crippen molar-refractivity contribution in [1.29, 1.82) is 0 Å². The lowest BCUT2D eigenvalue weighted by atomic mass is 10.0. The largest absolute Gasteiger partial charge is 0.405 e. The third-order valence-electron chi connectivity index (χ3n) is 2.51. The molecule has 1 atom stereocenters. The predicted octanol–water partition coefficient (Wildman–Crippen LogP) is 3.13. The van der Waals surface area contributed by atoms with Crippen molar-refractivity contribution in [2.45, 2.75) is 25.6 Å². The first-order chi connectivity index (χ1) is 7.85. The molecule has 0 radical (unpaired) electrons. The number of aliphatic hydroxyl groups is 1. The number of hydrogen-bond donors (Lipinski definition) is 1. The van der Waals surface area contributed by atoms with Crippen LogP contribution in [0.3, 0.4) is 0 Å². The molecule has 0 saturated heterocycles. The fourth-order valence-corrected chi connectivity index (χ4v) is 1.69. The van der Waals surface area contributed by atoms with Crippen molar-refractivity contribution >= 4 is 5.69 Å². The molecule has 0 amide bonds.